The SMILES string of the molecule is Cc1nnc(N2CCCCCC2)c(C(N)=S)c1C. The fraction of sp³-hybridized carbons (Fsp3) is 0.615. The molecule has 1 aliphatic rings. The van der Waals surface area contributed by atoms with E-state index in [0.717, 1.165) is 35.7 Å². The van der Waals surface area contributed by atoms with Gasteiger partial charge in [0.25, 0.3) is 0 Å². The largest absolute Gasteiger partial charge is 0.389 e. The van der Waals surface area contributed by atoms with Gasteiger partial charge in [-0.15, -0.1) is 5.10 Å². The predicted molar refractivity (Wildman–Crippen MR) is 78.1 cm³/mol. The summed E-state index contributed by atoms with van der Waals surface area (Å²) in [6.07, 6.45) is 4.98. The van der Waals surface area contributed by atoms with Gasteiger partial charge in [-0.05, 0) is 32.3 Å². The Labute approximate surface area is 114 Å². The monoisotopic (exact) mass is 264 g/mol. The highest BCUT2D eigenvalue weighted by atomic mass is 32.1. The summed E-state index contributed by atoms with van der Waals surface area (Å²) in [6, 6.07) is 0. The molecular weight excluding hydrogens is 244 g/mol. The van der Waals surface area contributed by atoms with Gasteiger partial charge in [0, 0.05) is 13.1 Å². The average Bonchev–Trinajstić information content (AvgIpc) is 2.60. The van der Waals surface area contributed by atoms with Crippen LogP contribution in [0.3, 0.4) is 0 Å². The Morgan fingerprint density at radius 2 is 1.72 bits per heavy atom. The van der Waals surface area contributed by atoms with E-state index in [9.17, 15) is 0 Å². The first kappa shape index (κ1) is 13.2. The maximum atomic E-state index is 5.87. The van der Waals surface area contributed by atoms with E-state index < -0.39 is 0 Å². The van der Waals surface area contributed by atoms with Gasteiger partial charge in [-0.3, -0.25) is 0 Å². The minimum absolute atomic E-state index is 0.421. The number of nitrogens with zero attached hydrogens (tertiary/aromatic N) is 3. The van der Waals surface area contributed by atoms with E-state index in [1.54, 1.807) is 0 Å². The summed E-state index contributed by atoms with van der Waals surface area (Å²) >= 11 is 5.18. The van der Waals surface area contributed by atoms with Crippen LogP contribution in [0.2, 0.25) is 0 Å². The molecule has 2 rings (SSSR count). The van der Waals surface area contributed by atoms with E-state index in [1.165, 1.54) is 25.7 Å². The van der Waals surface area contributed by atoms with Crippen LogP contribution in [0, 0.1) is 13.8 Å². The highest BCUT2D eigenvalue weighted by Crippen LogP contribution is 2.24. The average molecular weight is 264 g/mol. The zero-order valence-electron chi connectivity index (χ0n) is 11.1. The number of anilines is 1. The second-order valence-electron chi connectivity index (χ2n) is 4.87. The summed E-state index contributed by atoms with van der Waals surface area (Å²) in [5, 5.41) is 8.55. The lowest BCUT2D eigenvalue weighted by Crippen LogP contribution is -2.29. The van der Waals surface area contributed by atoms with Crippen LogP contribution < -0.4 is 10.6 Å². The summed E-state index contributed by atoms with van der Waals surface area (Å²) in [6.45, 7) is 6.00. The van der Waals surface area contributed by atoms with Crippen molar-refractivity contribution in [2.24, 2.45) is 5.73 Å². The zero-order valence-corrected chi connectivity index (χ0v) is 11.9. The second-order valence-corrected chi connectivity index (χ2v) is 5.31. The summed E-state index contributed by atoms with van der Waals surface area (Å²) in [5.74, 6) is 0.868. The molecule has 0 aliphatic carbocycles. The molecule has 1 aromatic rings. The summed E-state index contributed by atoms with van der Waals surface area (Å²) in [7, 11) is 0. The molecule has 0 radical (unpaired) electrons. The molecule has 0 unspecified atom stereocenters. The maximum absolute atomic E-state index is 5.87. The molecule has 2 heterocycles. The fourth-order valence-corrected chi connectivity index (χ4v) is 2.64. The van der Waals surface area contributed by atoms with Crippen LogP contribution in [0.15, 0.2) is 0 Å². The van der Waals surface area contributed by atoms with E-state index in [1.807, 2.05) is 13.8 Å². The van der Waals surface area contributed by atoms with Crippen LogP contribution in [0.1, 0.15) is 42.5 Å². The number of thiocarbonyl (C=S) groups is 1. The molecule has 2 N–H and O–H groups in total. The topological polar surface area (TPSA) is 55.0 Å². The molecule has 1 aliphatic heterocycles. The lowest BCUT2D eigenvalue weighted by molar-refractivity contribution is 0.726. The van der Waals surface area contributed by atoms with Gasteiger partial charge in [-0.25, -0.2) is 0 Å². The molecule has 0 spiro atoms. The van der Waals surface area contributed by atoms with Crippen LogP contribution in [0.5, 0.6) is 0 Å². The third-order valence-electron chi connectivity index (χ3n) is 3.59. The first-order chi connectivity index (χ1) is 8.61. The minimum Gasteiger partial charge on any atom is -0.389 e. The van der Waals surface area contributed by atoms with E-state index in [0.29, 0.717) is 4.99 Å². The zero-order chi connectivity index (χ0) is 13.1. The van der Waals surface area contributed by atoms with E-state index in [4.69, 9.17) is 18.0 Å². The predicted octanol–water partition coefficient (Wildman–Crippen LogP) is 2.11. The number of hydrogen-bond acceptors (Lipinski definition) is 4. The third-order valence-corrected chi connectivity index (χ3v) is 3.79. The van der Waals surface area contributed by atoms with Gasteiger partial charge in [0.15, 0.2) is 5.82 Å². The van der Waals surface area contributed by atoms with Crippen LogP contribution in [-0.4, -0.2) is 28.3 Å². The normalized spacial score (nSPS) is 16.4. The molecule has 1 saturated heterocycles. The van der Waals surface area contributed by atoms with Gasteiger partial charge in [0.2, 0.25) is 0 Å². The quantitative estimate of drug-likeness (QED) is 0.829. The van der Waals surface area contributed by atoms with Crippen LogP contribution in [0.4, 0.5) is 5.82 Å². The Kier molecular flexibility index (Phi) is 4.11. The number of nitrogens with two attached hydrogens (primary N) is 1. The Morgan fingerprint density at radius 3 is 2.28 bits per heavy atom. The van der Waals surface area contributed by atoms with E-state index in [2.05, 4.69) is 15.1 Å². The molecule has 98 valence electrons. The number of rotatable bonds is 2. The number of aryl methyl sites for hydroxylation is 1. The van der Waals surface area contributed by atoms with Gasteiger partial charge >= 0.3 is 0 Å². The van der Waals surface area contributed by atoms with Crippen molar-refractivity contribution in [3.05, 3.63) is 16.8 Å². The molecular formula is C13H20N4S. The van der Waals surface area contributed by atoms with Crippen molar-refractivity contribution in [3.63, 3.8) is 0 Å². The van der Waals surface area contributed by atoms with Gasteiger partial charge in [-0.1, -0.05) is 25.1 Å². The van der Waals surface area contributed by atoms with Gasteiger partial charge in [0.05, 0.1) is 11.3 Å². The van der Waals surface area contributed by atoms with Crippen LogP contribution >= 0.6 is 12.2 Å². The van der Waals surface area contributed by atoms with Gasteiger partial charge in [-0.2, -0.15) is 5.10 Å². The smallest absolute Gasteiger partial charge is 0.161 e. The van der Waals surface area contributed by atoms with Crippen LogP contribution in [0.25, 0.3) is 0 Å². The molecule has 1 aromatic heterocycles. The summed E-state index contributed by atoms with van der Waals surface area (Å²) < 4.78 is 0. The molecule has 0 saturated carbocycles. The molecule has 0 atom stereocenters. The van der Waals surface area contributed by atoms with E-state index in [-0.39, 0.29) is 0 Å². The van der Waals surface area contributed by atoms with Gasteiger partial charge in [0.1, 0.15) is 4.99 Å². The Bertz CT molecular complexity index is 451. The van der Waals surface area contributed by atoms with E-state index >= 15 is 0 Å². The minimum atomic E-state index is 0.421. The lowest BCUT2D eigenvalue weighted by atomic mass is 10.1. The van der Waals surface area contributed by atoms with Crippen molar-refractivity contribution in [2.45, 2.75) is 39.5 Å². The van der Waals surface area contributed by atoms with Crippen molar-refractivity contribution in [1.82, 2.24) is 10.2 Å². The van der Waals surface area contributed by atoms with Crippen molar-refractivity contribution >= 4 is 23.0 Å². The van der Waals surface area contributed by atoms with Crippen molar-refractivity contribution < 1.29 is 0 Å². The number of aromatic nitrogens is 2. The number of hydrogen-bond donors (Lipinski definition) is 1. The highest BCUT2D eigenvalue weighted by Gasteiger charge is 2.19. The molecule has 0 amide bonds. The summed E-state index contributed by atoms with van der Waals surface area (Å²) in [4.78, 5) is 2.70. The van der Waals surface area contributed by atoms with Crippen molar-refractivity contribution in [3.8, 4) is 0 Å². The molecule has 4 nitrogen and oxygen atoms in total. The first-order valence-corrected chi connectivity index (χ1v) is 6.90. The maximum Gasteiger partial charge on any atom is 0.161 e. The standard InChI is InChI=1S/C13H20N4S/c1-9-10(2)15-16-13(11(9)12(14)18)17-7-5-3-4-6-8-17/h3-8H2,1-2H3,(H2,14,18). The first-order valence-electron chi connectivity index (χ1n) is 6.50. The molecule has 0 bridgehead atoms. The van der Waals surface area contributed by atoms with Crippen molar-refractivity contribution in [2.75, 3.05) is 18.0 Å². The molecule has 0 aromatic carbocycles. The lowest BCUT2D eigenvalue weighted by Gasteiger charge is -2.24. The molecule has 5 heteroatoms. The molecule has 1 fully saturated rings. The summed E-state index contributed by atoms with van der Waals surface area (Å²) in [5.41, 5.74) is 8.72. The fourth-order valence-electron chi connectivity index (χ4n) is 2.39. The van der Waals surface area contributed by atoms with Crippen molar-refractivity contribution in [1.29, 1.82) is 0 Å². The Balaban J connectivity index is 2.42. The van der Waals surface area contributed by atoms with Crippen LogP contribution in [-0.2, 0) is 0 Å². The highest BCUT2D eigenvalue weighted by molar-refractivity contribution is 7.80. The Morgan fingerprint density at radius 1 is 1.11 bits per heavy atom. The molecule has 18 heavy (non-hydrogen) atoms. The third kappa shape index (κ3) is 2.61. The second kappa shape index (κ2) is 5.61. The Hall–Kier alpha value is -1.23. The van der Waals surface area contributed by atoms with Gasteiger partial charge < -0.3 is 10.6 Å².